The summed E-state index contributed by atoms with van der Waals surface area (Å²) in [6.45, 7) is 6.09. The van der Waals surface area contributed by atoms with Crippen molar-refractivity contribution >= 4 is 27.1 Å². The van der Waals surface area contributed by atoms with Crippen LogP contribution in [0.3, 0.4) is 0 Å². The number of nitrogens with zero attached hydrogens (tertiary/aromatic N) is 2. The van der Waals surface area contributed by atoms with Gasteiger partial charge in [-0.3, -0.25) is 0 Å². The molecule has 0 aliphatic heterocycles. The van der Waals surface area contributed by atoms with E-state index in [9.17, 15) is 10.5 Å². The number of nitriles is 2. The Bertz CT molecular complexity index is 2270. The van der Waals surface area contributed by atoms with Gasteiger partial charge in [0.1, 0.15) is 0 Å². The molecule has 0 bridgehead atoms. The highest BCUT2D eigenvalue weighted by Crippen LogP contribution is 2.57. The highest BCUT2D eigenvalue weighted by atomic mass is 14.3. The maximum atomic E-state index is 10.0. The first-order valence-corrected chi connectivity index (χ1v) is 14.3. The first kappa shape index (κ1) is 26.0. The van der Waals surface area contributed by atoms with E-state index in [4.69, 9.17) is 0 Å². The van der Waals surface area contributed by atoms with Crippen LogP contribution in [0.2, 0.25) is 0 Å². The van der Waals surface area contributed by atoms with E-state index in [1.54, 1.807) is 12.1 Å². The first-order chi connectivity index (χ1) is 21.2. The zero-order chi connectivity index (χ0) is 29.5. The fourth-order valence-electron chi connectivity index (χ4n) is 6.71. The third-order valence-electron chi connectivity index (χ3n) is 8.35. The van der Waals surface area contributed by atoms with E-state index in [1.807, 2.05) is 19.1 Å². The molecular formula is C41H26N2. The summed E-state index contributed by atoms with van der Waals surface area (Å²) in [7, 11) is 0. The molecule has 0 amide bonds. The van der Waals surface area contributed by atoms with Gasteiger partial charge in [0.25, 0.3) is 0 Å². The summed E-state index contributed by atoms with van der Waals surface area (Å²) in [5, 5.41) is 24.1. The molecule has 6 aromatic carbocycles. The minimum atomic E-state index is 0.480. The Hall–Kier alpha value is -5.96. The van der Waals surface area contributed by atoms with Crippen LogP contribution in [0.25, 0.3) is 71.6 Å². The average Bonchev–Trinajstić information content (AvgIpc) is 3.39. The van der Waals surface area contributed by atoms with E-state index < -0.39 is 0 Å². The number of rotatable bonds is 5. The van der Waals surface area contributed by atoms with Gasteiger partial charge in [-0.05, 0) is 90.7 Å². The van der Waals surface area contributed by atoms with E-state index in [2.05, 4.69) is 122 Å². The Morgan fingerprint density at radius 1 is 0.651 bits per heavy atom. The summed E-state index contributed by atoms with van der Waals surface area (Å²) in [5.41, 5.74) is 12.3. The van der Waals surface area contributed by atoms with Crippen LogP contribution >= 0.6 is 0 Å². The Balaban J connectivity index is 1.67. The van der Waals surface area contributed by atoms with Gasteiger partial charge in [0.05, 0.1) is 23.3 Å². The third kappa shape index (κ3) is 3.93. The topological polar surface area (TPSA) is 47.6 Å². The van der Waals surface area contributed by atoms with Gasteiger partial charge in [-0.1, -0.05) is 122 Å². The number of fused-ring (bicyclic) bond motifs is 4. The molecule has 1 aliphatic rings. The molecule has 7 rings (SSSR count). The number of hydrogen-bond acceptors (Lipinski definition) is 2. The molecule has 1 aliphatic carbocycles. The lowest BCUT2D eigenvalue weighted by atomic mass is 9.82. The van der Waals surface area contributed by atoms with E-state index in [0.29, 0.717) is 11.1 Å². The van der Waals surface area contributed by atoms with Crippen molar-refractivity contribution in [1.82, 2.24) is 0 Å². The van der Waals surface area contributed by atoms with E-state index in [0.717, 1.165) is 22.1 Å². The number of allylic oxidation sites excluding steroid dienone is 5. The molecular weight excluding hydrogens is 520 g/mol. The molecule has 0 spiro atoms. The van der Waals surface area contributed by atoms with Gasteiger partial charge < -0.3 is 0 Å². The lowest BCUT2D eigenvalue weighted by Gasteiger charge is -2.20. The molecule has 6 aromatic rings. The lowest BCUT2D eigenvalue weighted by molar-refractivity contribution is 1.45. The predicted octanol–water partition coefficient (Wildman–Crippen LogP) is 10.9. The van der Waals surface area contributed by atoms with Crippen LogP contribution in [0.4, 0.5) is 0 Å². The Morgan fingerprint density at radius 3 is 2.09 bits per heavy atom. The van der Waals surface area contributed by atoms with Crippen molar-refractivity contribution in [3.05, 3.63) is 151 Å². The van der Waals surface area contributed by atoms with Crippen molar-refractivity contribution < 1.29 is 0 Å². The van der Waals surface area contributed by atoms with Crippen molar-refractivity contribution in [3.63, 3.8) is 0 Å². The van der Waals surface area contributed by atoms with Crippen molar-refractivity contribution in [1.29, 1.82) is 10.5 Å². The SMILES string of the molecule is C=C/C=C(\C=C/C)c1c2c(c(-c3ccccc3)c3ccccc13)-c1ccc(-c3ccc(C#N)cc3C#N)c3cccc-2c13. The molecule has 0 fully saturated rings. The van der Waals surface area contributed by atoms with Gasteiger partial charge in [-0.25, -0.2) is 0 Å². The molecule has 0 saturated heterocycles. The van der Waals surface area contributed by atoms with Crippen molar-refractivity contribution in [2.75, 3.05) is 0 Å². The monoisotopic (exact) mass is 546 g/mol. The molecule has 0 N–H and O–H groups in total. The van der Waals surface area contributed by atoms with Crippen LogP contribution in [0, 0.1) is 22.7 Å². The van der Waals surface area contributed by atoms with Crippen LogP contribution in [0.1, 0.15) is 23.6 Å². The van der Waals surface area contributed by atoms with Crippen LogP contribution in [-0.4, -0.2) is 0 Å². The molecule has 200 valence electrons. The fourth-order valence-corrected chi connectivity index (χ4v) is 6.71. The molecule has 0 aromatic heterocycles. The van der Waals surface area contributed by atoms with Gasteiger partial charge in [0, 0.05) is 5.56 Å². The second kappa shape index (κ2) is 10.5. The standard InChI is InChI=1S/C41H26N2/c1-3-11-27(12-4-2)37-33-15-8-9-16-34(33)38(28-13-6-5-7-14-28)41-36-22-21-31(30-20-19-26(24-42)23-29(30)25-43)32-17-10-18-35(39(32)36)40(37)41/h3-23H,1H2,2H3/b12-4-,27-11+. The maximum absolute atomic E-state index is 10.0. The summed E-state index contributed by atoms with van der Waals surface area (Å²) in [6.07, 6.45) is 8.19. The normalized spacial score (nSPS) is 11.9. The number of benzene rings is 6. The first-order valence-electron chi connectivity index (χ1n) is 14.3. The Kier molecular flexibility index (Phi) is 6.32. The predicted molar refractivity (Wildman–Crippen MR) is 179 cm³/mol. The van der Waals surface area contributed by atoms with Crippen molar-refractivity contribution in [2.24, 2.45) is 0 Å². The van der Waals surface area contributed by atoms with Gasteiger partial charge in [0.2, 0.25) is 0 Å². The van der Waals surface area contributed by atoms with Crippen LogP contribution < -0.4 is 0 Å². The van der Waals surface area contributed by atoms with Gasteiger partial charge in [0.15, 0.2) is 0 Å². The minimum Gasteiger partial charge on any atom is -0.192 e. The summed E-state index contributed by atoms with van der Waals surface area (Å²) >= 11 is 0. The molecule has 2 nitrogen and oxygen atoms in total. The fraction of sp³-hybridized carbons (Fsp3) is 0.0244. The van der Waals surface area contributed by atoms with Gasteiger partial charge in [-0.15, -0.1) is 0 Å². The zero-order valence-electron chi connectivity index (χ0n) is 23.7. The lowest BCUT2D eigenvalue weighted by Crippen LogP contribution is -1.95. The highest BCUT2D eigenvalue weighted by molar-refractivity contribution is 6.27. The molecule has 0 heterocycles. The number of hydrogen-bond donors (Lipinski definition) is 0. The second-order valence-electron chi connectivity index (χ2n) is 10.6. The molecule has 0 saturated carbocycles. The van der Waals surface area contributed by atoms with Crippen molar-refractivity contribution in [2.45, 2.75) is 6.92 Å². The Labute approximate surface area is 251 Å². The molecule has 0 radical (unpaired) electrons. The molecule has 0 atom stereocenters. The van der Waals surface area contributed by atoms with Gasteiger partial charge in [-0.2, -0.15) is 10.5 Å². The zero-order valence-corrected chi connectivity index (χ0v) is 23.7. The maximum Gasteiger partial charge on any atom is 0.0998 e. The molecule has 2 heteroatoms. The summed E-state index contributed by atoms with van der Waals surface area (Å²) in [4.78, 5) is 0. The smallest absolute Gasteiger partial charge is 0.0998 e. The van der Waals surface area contributed by atoms with Crippen LogP contribution in [-0.2, 0) is 0 Å². The molecule has 43 heavy (non-hydrogen) atoms. The molecule has 0 unspecified atom stereocenters. The van der Waals surface area contributed by atoms with Crippen LogP contribution in [0.5, 0.6) is 0 Å². The van der Waals surface area contributed by atoms with Crippen molar-refractivity contribution in [3.8, 4) is 56.6 Å². The largest absolute Gasteiger partial charge is 0.192 e. The van der Waals surface area contributed by atoms with E-state index >= 15 is 0 Å². The summed E-state index contributed by atoms with van der Waals surface area (Å²) in [5.74, 6) is 0. The highest BCUT2D eigenvalue weighted by Gasteiger charge is 2.31. The third-order valence-corrected chi connectivity index (χ3v) is 8.35. The quantitative estimate of drug-likeness (QED) is 0.202. The van der Waals surface area contributed by atoms with E-state index in [1.165, 1.54) is 55.1 Å². The Morgan fingerprint density at radius 2 is 1.35 bits per heavy atom. The van der Waals surface area contributed by atoms with E-state index in [-0.39, 0.29) is 0 Å². The van der Waals surface area contributed by atoms with Gasteiger partial charge >= 0.3 is 0 Å². The average molecular weight is 547 g/mol. The summed E-state index contributed by atoms with van der Waals surface area (Å²) in [6, 6.07) is 40.0. The summed E-state index contributed by atoms with van der Waals surface area (Å²) < 4.78 is 0. The minimum absolute atomic E-state index is 0.480. The second-order valence-corrected chi connectivity index (χ2v) is 10.6. The van der Waals surface area contributed by atoms with Crippen LogP contribution in [0.15, 0.2) is 134 Å².